The summed E-state index contributed by atoms with van der Waals surface area (Å²) in [5.41, 5.74) is 0.196. The van der Waals surface area contributed by atoms with Crippen molar-refractivity contribution in [2.24, 2.45) is 5.92 Å². The molecule has 100 valence electrons. The minimum atomic E-state index is 0.196. The highest BCUT2D eigenvalue weighted by Crippen LogP contribution is 2.47. The molecule has 1 spiro atoms. The van der Waals surface area contributed by atoms with E-state index in [1.807, 2.05) is 13.1 Å². The highest BCUT2D eigenvalue weighted by atomic mass is 79.9. The summed E-state index contributed by atoms with van der Waals surface area (Å²) in [5.74, 6) is 1.65. The van der Waals surface area contributed by atoms with E-state index in [0.717, 1.165) is 29.9 Å². The van der Waals surface area contributed by atoms with Crippen LogP contribution in [0.1, 0.15) is 43.9 Å². The van der Waals surface area contributed by atoms with Gasteiger partial charge in [-0.15, -0.1) is 0 Å². The van der Waals surface area contributed by atoms with Gasteiger partial charge in [0.05, 0.1) is 11.6 Å². The Balaban J connectivity index is 1.75. The fourth-order valence-electron chi connectivity index (χ4n) is 3.38. The SMILES string of the molecule is CNC(c1ccc(Br)o1)C1CCOC2(CCC2)C1. The minimum Gasteiger partial charge on any atom is -0.453 e. The summed E-state index contributed by atoms with van der Waals surface area (Å²) in [6.07, 6.45) is 6.08. The Morgan fingerprint density at radius 2 is 2.28 bits per heavy atom. The lowest BCUT2D eigenvalue weighted by Gasteiger charge is -2.48. The van der Waals surface area contributed by atoms with Crippen molar-refractivity contribution in [1.82, 2.24) is 5.32 Å². The molecule has 2 aliphatic rings. The molecule has 2 atom stereocenters. The zero-order valence-corrected chi connectivity index (χ0v) is 12.3. The van der Waals surface area contributed by atoms with Gasteiger partial charge in [-0.2, -0.15) is 0 Å². The number of hydrogen-bond donors (Lipinski definition) is 1. The maximum Gasteiger partial charge on any atom is 0.169 e. The van der Waals surface area contributed by atoms with E-state index in [4.69, 9.17) is 9.15 Å². The van der Waals surface area contributed by atoms with Gasteiger partial charge in [0, 0.05) is 6.61 Å². The van der Waals surface area contributed by atoms with E-state index in [1.165, 1.54) is 19.3 Å². The Bertz CT molecular complexity index is 414. The first kappa shape index (κ1) is 12.7. The van der Waals surface area contributed by atoms with Crippen LogP contribution in [0.3, 0.4) is 0 Å². The van der Waals surface area contributed by atoms with Crippen LogP contribution in [0.15, 0.2) is 21.2 Å². The summed E-state index contributed by atoms with van der Waals surface area (Å²) in [6.45, 7) is 0.894. The first-order valence-corrected chi connectivity index (χ1v) is 7.58. The van der Waals surface area contributed by atoms with Crippen LogP contribution in [0.25, 0.3) is 0 Å². The van der Waals surface area contributed by atoms with Crippen LogP contribution in [0, 0.1) is 5.92 Å². The van der Waals surface area contributed by atoms with Crippen LogP contribution in [0.2, 0.25) is 0 Å². The number of hydrogen-bond acceptors (Lipinski definition) is 3. The van der Waals surface area contributed by atoms with Crippen LogP contribution in [0.5, 0.6) is 0 Å². The third kappa shape index (κ3) is 2.26. The lowest BCUT2D eigenvalue weighted by atomic mass is 9.70. The van der Waals surface area contributed by atoms with Gasteiger partial charge >= 0.3 is 0 Å². The quantitative estimate of drug-likeness (QED) is 0.925. The molecule has 1 aliphatic heterocycles. The summed E-state index contributed by atoms with van der Waals surface area (Å²) in [4.78, 5) is 0. The smallest absolute Gasteiger partial charge is 0.169 e. The van der Waals surface area contributed by atoms with Gasteiger partial charge in [-0.25, -0.2) is 0 Å². The van der Waals surface area contributed by atoms with Crippen molar-refractivity contribution >= 4 is 15.9 Å². The monoisotopic (exact) mass is 313 g/mol. The molecule has 2 unspecified atom stereocenters. The number of nitrogens with one attached hydrogen (secondary N) is 1. The zero-order chi connectivity index (χ0) is 12.6. The molecule has 2 heterocycles. The van der Waals surface area contributed by atoms with Crippen LogP contribution in [-0.4, -0.2) is 19.3 Å². The standard InChI is InChI=1S/C14H20BrNO2/c1-16-13(11-3-4-12(15)18-11)10-5-8-17-14(9-10)6-2-7-14/h3-4,10,13,16H,2,5-9H2,1H3. The Morgan fingerprint density at radius 1 is 1.44 bits per heavy atom. The average molecular weight is 314 g/mol. The Morgan fingerprint density at radius 3 is 2.83 bits per heavy atom. The Hall–Kier alpha value is -0.320. The summed E-state index contributed by atoms with van der Waals surface area (Å²) >= 11 is 3.38. The van der Waals surface area contributed by atoms with Crippen LogP contribution in [-0.2, 0) is 4.74 Å². The van der Waals surface area contributed by atoms with E-state index >= 15 is 0 Å². The zero-order valence-electron chi connectivity index (χ0n) is 10.7. The summed E-state index contributed by atoms with van der Waals surface area (Å²) < 4.78 is 12.5. The molecule has 3 nitrogen and oxygen atoms in total. The fourth-order valence-corrected chi connectivity index (χ4v) is 3.69. The van der Waals surface area contributed by atoms with Crippen LogP contribution in [0.4, 0.5) is 0 Å². The lowest BCUT2D eigenvalue weighted by molar-refractivity contribution is -0.147. The molecule has 3 rings (SSSR count). The molecular weight excluding hydrogens is 294 g/mol. The maximum absolute atomic E-state index is 6.00. The third-order valence-electron chi connectivity index (χ3n) is 4.48. The first-order chi connectivity index (χ1) is 8.72. The molecule has 18 heavy (non-hydrogen) atoms. The lowest BCUT2D eigenvalue weighted by Crippen LogP contribution is -2.47. The predicted molar refractivity (Wildman–Crippen MR) is 73.5 cm³/mol. The van der Waals surface area contributed by atoms with Gasteiger partial charge in [-0.05, 0) is 73.1 Å². The summed E-state index contributed by atoms with van der Waals surface area (Å²) in [5, 5.41) is 3.42. The van der Waals surface area contributed by atoms with E-state index in [9.17, 15) is 0 Å². The molecule has 2 fully saturated rings. The average Bonchev–Trinajstić information content (AvgIpc) is 2.75. The van der Waals surface area contributed by atoms with Crippen LogP contribution < -0.4 is 5.32 Å². The van der Waals surface area contributed by atoms with Gasteiger partial charge in [0.25, 0.3) is 0 Å². The molecule has 1 saturated heterocycles. The molecule has 1 saturated carbocycles. The van der Waals surface area contributed by atoms with Crippen molar-refractivity contribution in [2.45, 2.75) is 43.7 Å². The number of ether oxygens (including phenoxy) is 1. The molecule has 1 N–H and O–H groups in total. The van der Waals surface area contributed by atoms with Gasteiger partial charge < -0.3 is 14.5 Å². The van der Waals surface area contributed by atoms with Crippen molar-refractivity contribution in [2.75, 3.05) is 13.7 Å². The first-order valence-electron chi connectivity index (χ1n) is 6.79. The largest absolute Gasteiger partial charge is 0.453 e. The second-order valence-electron chi connectivity index (χ2n) is 5.55. The van der Waals surface area contributed by atoms with Gasteiger partial charge in [0.15, 0.2) is 4.67 Å². The van der Waals surface area contributed by atoms with E-state index in [0.29, 0.717) is 12.0 Å². The number of rotatable bonds is 3. The van der Waals surface area contributed by atoms with Crippen LogP contribution >= 0.6 is 15.9 Å². The van der Waals surface area contributed by atoms with Crippen molar-refractivity contribution in [3.05, 3.63) is 22.6 Å². The molecular formula is C14H20BrNO2. The van der Waals surface area contributed by atoms with Crippen molar-refractivity contribution in [1.29, 1.82) is 0 Å². The maximum atomic E-state index is 6.00. The van der Waals surface area contributed by atoms with E-state index < -0.39 is 0 Å². The topological polar surface area (TPSA) is 34.4 Å². The van der Waals surface area contributed by atoms with Gasteiger partial charge in [0.1, 0.15) is 5.76 Å². The second kappa shape index (κ2) is 4.99. The Kier molecular flexibility index (Phi) is 3.52. The number of furan rings is 1. The second-order valence-corrected chi connectivity index (χ2v) is 6.33. The molecule has 1 aliphatic carbocycles. The van der Waals surface area contributed by atoms with E-state index in [1.54, 1.807) is 0 Å². The molecule has 0 bridgehead atoms. The van der Waals surface area contributed by atoms with Crippen molar-refractivity contribution in [3.63, 3.8) is 0 Å². The third-order valence-corrected chi connectivity index (χ3v) is 4.90. The molecule has 1 aromatic heterocycles. The molecule has 4 heteroatoms. The fraction of sp³-hybridized carbons (Fsp3) is 0.714. The molecule has 0 radical (unpaired) electrons. The number of halogens is 1. The summed E-state index contributed by atoms with van der Waals surface area (Å²) in [7, 11) is 2.02. The normalized spacial score (nSPS) is 28.0. The predicted octanol–water partition coefficient (Wildman–Crippen LogP) is 3.65. The van der Waals surface area contributed by atoms with Crippen molar-refractivity contribution < 1.29 is 9.15 Å². The highest BCUT2D eigenvalue weighted by Gasteiger charge is 2.44. The molecule has 1 aromatic rings. The minimum absolute atomic E-state index is 0.196. The van der Waals surface area contributed by atoms with Crippen molar-refractivity contribution in [3.8, 4) is 0 Å². The van der Waals surface area contributed by atoms with E-state index in [-0.39, 0.29) is 5.60 Å². The summed E-state index contributed by atoms with van der Waals surface area (Å²) in [6, 6.07) is 4.34. The van der Waals surface area contributed by atoms with Gasteiger partial charge in [-0.1, -0.05) is 0 Å². The highest BCUT2D eigenvalue weighted by molar-refractivity contribution is 9.10. The van der Waals surface area contributed by atoms with E-state index in [2.05, 4.69) is 27.3 Å². The Labute approximate surface area is 116 Å². The van der Waals surface area contributed by atoms with Gasteiger partial charge in [-0.3, -0.25) is 0 Å². The van der Waals surface area contributed by atoms with Gasteiger partial charge in [0.2, 0.25) is 0 Å². The molecule has 0 amide bonds. The molecule has 0 aromatic carbocycles.